The van der Waals surface area contributed by atoms with Crippen molar-refractivity contribution in [3.63, 3.8) is 0 Å². The van der Waals surface area contributed by atoms with Crippen LogP contribution >= 0.6 is 0 Å². The molecular formula is C28H40N2O2. The van der Waals surface area contributed by atoms with Crippen LogP contribution in [0.25, 0.3) is 0 Å². The number of rotatable bonds is 8. The number of carbonyl (C=O) groups is 2. The summed E-state index contributed by atoms with van der Waals surface area (Å²) in [6.07, 6.45) is 16.2. The third-order valence-corrected chi connectivity index (χ3v) is 7.84. The summed E-state index contributed by atoms with van der Waals surface area (Å²) in [6.45, 7) is 1.57. The molecule has 1 aliphatic heterocycles. The van der Waals surface area contributed by atoms with Gasteiger partial charge in [-0.05, 0) is 68.8 Å². The number of carbonyl (C=O) groups excluding carboxylic acids is 2. The molecule has 2 atom stereocenters. The Kier molecular flexibility index (Phi) is 8.42. The summed E-state index contributed by atoms with van der Waals surface area (Å²) in [7, 11) is 0. The summed E-state index contributed by atoms with van der Waals surface area (Å²) >= 11 is 0. The van der Waals surface area contributed by atoms with Crippen LogP contribution in [0.4, 0.5) is 0 Å². The molecule has 0 aromatic heterocycles. The minimum Gasteiger partial charge on any atom is -0.355 e. The Hall–Kier alpha value is -2.10. The molecule has 1 N–H and O–H groups in total. The Bertz CT molecular complexity index is 782. The van der Waals surface area contributed by atoms with Gasteiger partial charge in [0, 0.05) is 37.5 Å². The molecule has 174 valence electrons. The quantitative estimate of drug-likeness (QED) is 0.548. The average molecular weight is 437 g/mol. The molecule has 2 fully saturated rings. The second-order valence-corrected chi connectivity index (χ2v) is 10.0. The van der Waals surface area contributed by atoms with Gasteiger partial charge < -0.3 is 10.2 Å². The second-order valence-electron chi connectivity index (χ2n) is 10.0. The minimum atomic E-state index is 0.0861. The maximum Gasteiger partial charge on any atom is 0.226 e. The van der Waals surface area contributed by atoms with Gasteiger partial charge in [-0.2, -0.15) is 0 Å². The van der Waals surface area contributed by atoms with E-state index in [0.29, 0.717) is 43.6 Å². The maximum absolute atomic E-state index is 12.8. The zero-order valence-corrected chi connectivity index (χ0v) is 19.6. The molecular weight excluding hydrogens is 396 g/mol. The number of nitrogens with one attached hydrogen (secondary N) is 1. The smallest absolute Gasteiger partial charge is 0.226 e. The van der Waals surface area contributed by atoms with Gasteiger partial charge in [-0.3, -0.25) is 9.59 Å². The van der Waals surface area contributed by atoms with E-state index in [1.54, 1.807) is 0 Å². The Morgan fingerprint density at radius 2 is 1.72 bits per heavy atom. The van der Waals surface area contributed by atoms with Crippen LogP contribution in [0, 0.1) is 11.8 Å². The molecule has 2 unspecified atom stereocenters. The highest BCUT2D eigenvalue weighted by Crippen LogP contribution is 2.36. The van der Waals surface area contributed by atoms with Gasteiger partial charge in [0.05, 0.1) is 0 Å². The van der Waals surface area contributed by atoms with Crippen molar-refractivity contribution >= 4 is 11.8 Å². The molecule has 0 bridgehead atoms. The fourth-order valence-electron chi connectivity index (χ4n) is 6.09. The molecule has 2 aliphatic carbocycles. The summed E-state index contributed by atoms with van der Waals surface area (Å²) in [4.78, 5) is 27.5. The lowest BCUT2D eigenvalue weighted by Crippen LogP contribution is -2.39. The van der Waals surface area contributed by atoms with E-state index in [4.69, 9.17) is 0 Å². The maximum atomic E-state index is 12.8. The van der Waals surface area contributed by atoms with Crippen molar-refractivity contribution in [1.29, 1.82) is 0 Å². The first kappa shape index (κ1) is 23.1. The first-order chi connectivity index (χ1) is 15.7. The number of likely N-dealkylation sites (tertiary alicyclic amines) is 1. The van der Waals surface area contributed by atoms with Crippen LogP contribution < -0.4 is 5.32 Å². The summed E-state index contributed by atoms with van der Waals surface area (Å²) in [5.41, 5.74) is 2.62. The molecule has 0 spiro atoms. The number of hydrogen-bond acceptors (Lipinski definition) is 2. The van der Waals surface area contributed by atoms with E-state index >= 15 is 0 Å². The van der Waals surface area contributed by atoms with Gasteiger partial charge in [0.2, 0.25) is 11.8 Å². The number of allylic oxidation sites excluding steroid dienone is 2. The van der Waals surface area contributed by atoms with Gasteiger partial charge >= 0.3 is 0 Å². The van der Waals surface area contributed by atoms with E-state index < -0.39 is 0 Å². The first-order valence-corrected chi connectivity index (χ1v) is 13.0. The summed E-state index contributed by atoms with van der Waals surface area (Å²) in [6, 6.07) is 10.7. The zero-order valence-electron chi connectivity index (χ0n) is 19.6. The van der Waals surface area contributed by atoms with E-state index in [1.165, 1.54) is 62.6 Å². The number of amides is 2. The molecule has 1 aromatic carbocycles. The van der Waals surface area contributed by atoms with Gasteiger partial charge in [0.15, 0.2) is 0 Å². The molecule has 32 heavy (non-hydrogen) atoms. The number of fused-ring (bicyclic) bond motifs is 1. The van der Waals surface area contributed by atoms with Crippen LogP contribution in [-0.2, 0) is 9.59 Å². The third-order valence-electron chi connectivity index (χ3n) is 7.84. The molecule has 1 aromatic rings. The van der Waals surface area contributed by atoms with Crippen molar-refractivity contribution in [3.05, 3.63) is 47.7 Å². The van der Waals surface area contributed by atoms with Crippen LogP contribution in [0.5, 0.6) is 0 Å². The highest BCUT2D eigenvalue weighted by Gasteiger charge is 2.30. The van der Waals surface area contributed by atoms with Crippen LogP contribution in [0.1, 0.15) is 95.0 Å². The number of nitrogens with zero attached hydrogens (tertiary/aromatic N) is 1. The zero-order chi connectivity index (χ0) is 22.2. The largest absolute Gasteiger partial charge is 0.355 e. The Morgan fingerprint density at radius 3 is 2.53 bits per heavy atom. The predicted octanol–water partition coefficient (Wildman–Crippen LogP) is 5.94. The SMILES string of the molecule is O=C(CCCC(=O)N1CCCC2CCCC=C21)NCC(c1ccccc1)C1CCCCC1. The van der Waals surface area contributed by atoms with Gasteiger partial charge in [-0.15, -0.1) is 0 Å². The second kappa shape index (κ2) is 11.7. The van der Waals surface area contributed by atoms with Crippen LogP contribution in [0.3, 0.4) is 0 Å². The van der Waals surface area contributed by atoms with Gasteiger partial charge in [0.25, 0.3) is 0 Å². The molecule has 1 saturated carbocycles. The molecule has 3 aliphatic rings. The van der Waals surface area contributed by atoms with Crippen molar-refractivity contribution in [2.45, 2.75) is 89.4 Å². The van der Waals surface area contributed by atoms with Crippen molar-refractivity contribution in [2.75, 3.05) is 13.1 Å². The van der Waals surface area contributed by atoms with Crippen molar-refractivity contribution in [2.24, 2.45) is 11.8 Å². The summed E-state index contributed by atoms with van der Waals surface area (Å²) in [5.74, 6) is 1.93. The molecule has 4 rings (SSSR count). The number of hydrogen-bond donors (Lipinski definition) is 1. The third kappa shape index (κ3) is 6.02. The number of piperidine rings is 1. The average Bonchev–Trinajstić information content (AvgIpc) is 2.85. The van der Waals surface area contributed by atoms with E-state index in [1.807, 2.05) is 4.90 Å². The lowest BCUT2D eigenvalue weighted by atomic mass is 9.77. The minimum absolute atomic E-state index is 0.0861. The monoisotopic (exact) mass is 436 g/mol. The van der Waals surface area contributed by atoms with E-state index in [-0.39, 0.29) is 11.8 Å². The lowest BCUT2D eigenvalue weighted by Gasteiger charge is -2.38. The van der Waals surface area contributed by atoms with E-state index in [9.17, 15) is 9.59 Å². The fraction of sp³-hybridized carbons (Fsp3) is 0.643. The molecule has 1 saturated heterocycles. The van der Waals surface area contributed by atoms with Gasteiger partial charge in [-0.1, -0.05) is 55.7 Å². The Balaban J connectivity index is 1.24. The predicted molar refractivity (Wildman–Crippen MR) is 129 cm³/mol. The van der Waals surface area contributed by atoms with E-state index in [2.05, 4.69) is 41.7 Å². The normalized spacial score (nSPS) is 22.6. The van der Waals surface area contributed by atoms with E-state index in [0.717, 1.165) is 19.4 Å². The Morgan fingerprint density at radius 1 is 0.938 bits per heavy atom. The van der Waals surface area contributed by atoms with Gasteiger partial charge in [-0.25, -0.2) is 0 Å². The molecule has 0 radical (unpaired) electrons. The molecule has 2 amide bonds. The molecule has 1 heterocycles. The fourth-order valence-corrected chi connectivity index (χ4v) is 6.09. The van der Waals surface area contributed by atoms with Crippen molar-refractivity contribution in [1.82, 2.24) is 10.2 Å². The highest BCUT2D eigenvalue weighted by atomic mass is 16.2. The van der Waals surface area contributed by atoms with Crippen LogP contribution in [0.2, 0.25) is 0 Å². The number of benzene rings is 1. The standard InChI is InChI=1S/C28H40N2O2/c31-27(18-9-19-28(32)30-20-10-16-24-15-7-8-17-26(24)30)29-21-25(22-11-3-1-4-12-22)23-13-5-2-6-14-23/h1,3-4,11-12,17,23-25H,2,5-10,13-16,18-21H2,(H,29,31). The first-order valence-electron chi connectivity index (χ1n) is 13.0. The molecule has 4 nitrogen and oxygen atoms in total. The van der Waals surface area contributed by atoms with Crippen molar-refractivity contribution < 1.29 is 9.59 Å². The van der Waals surface area contributed by atoms with Crippen LogP contribution in [0.15, 0.2) is 42.1 Å². The van der Waals surface area contributed by atoms with Crippen LogP contribution in [-0.4, -0.2) is 29.8 Å². The highest BCUT2D eigenvalue weighted by molar-refractivity contribution is 5.80. The topological polar surface area (TPSA) is 49.4 Å². The summed E-state index contributed by atoms with van der Waals surface area (Å²) < 4.78 is 0. The molecule has 4 heteroatoms. The summed E-state index contributed by atoms with van der Waals surface area (Å²) in [5, 5.41) is 3.20. The lowest BCUT2D eigenvalue weighted by molar-refractivity contribution is -0.130. The Labute approximate surface area is 193 Å². The van der Waals surface area contributed by atoms with Crippen molar-refractivity contribution in [3.8, 4) is 0 Å². The van der Waals surface area contributed by atoms with Gasteiger partial charge in [0.1, 0.15) is 0 Å².